The van der Waals surface area contributed by atoms with Gasteiger partial charge in [0.25, 0.3) is 0 Å². The van der Waals surface area contributed by atoms with Crippen LogP contribution in [0.2, 0.25) is 0 Å². The van der Waals surface area contributed by atoms with Crippen molar-refractivity contribution in [2.45, 2.75) is 65.5 Å². The molecule has 5 heteroatoms. The van der Waals surface area contributed by atoms with Crippen LogP contribution in [0, 0.1) is 5.92 Å². The van der Waals surface area contributed by atoms with Gasteiger partial charge in [-0.25, -0.2) is 0 Å². The summed E-state index contributed by atoms with van der Waals surface area (Å²) in [7, 11) is 0. The van der Waals surface area contributed by atoms with E-state index in [9.17, 15) is 9.59 Å². The Labute approximate surface area is 116 Å². The maximum absolute atomic E-state index is 11.5. The van der Waals surface area contributed by atoms with Crippen LogP contribution in [0.3, 0.4) is 0 Å². The molecule has 3 N–H and O–H groups in total. The van der Waals surface area contributed by atoms with Crippen molar-refractivity contribution in [3.8, 4) is 0 Å². The smallest absolute Gasteiger partial charge is 0.306 e. The minimum absolute atomic E-state index is 0.0140. The summed E-state index contributed by atoms with van der Waals surface area (Å²) in [5, 5.41) is 14.8. The van der Waals surface area contributed by atoms with Crippen LogP contribution in [0.1, 0.15) is 53.4 Å². The van der Waals surface area contributed by atoms with Crippen molar-refractivity contribution >= 4 is 11.9 Å². The van der Waals surface area contributed by atoms with E-state index in [2.05, 4.69) is 10.6 Å². The van der Waals surface area contributed by atoms with E-state index in [0.717, 1.165) is 19.3 Å². The lowest BCUT2D eigenvalue weighted by Crippen LogP contribution is -2.41. The van der Waals surface area contributed by atoms with E-state index in [1.807, 2.05) is 20.8 Å². The van der Waals surface area contributed by atoms with Gasteiger partial charge in [-0.05, 0) is 33.1 Å². The van der Waals surface area contributed by atoms with Crippen LogP contribution in [0.25, 0.3) is 0 Å². The average molecular weight is 272 g/mol. The topological polar surface area (TPSA) is 78.4 Å². The number of amides is 1. The predicted molar refractivity (Wildman–Crippen MR) is 76.0 cm³/mol. The molecule has 0 radical (unpaired) electrons. The maximum atomic E-state index is 11.5. The Balaban J connectivity index is 3.67. The first kappa shape index (κ1) is 17.9. The highest BCUT2D eigenvalue weighted by molar-refractivity contribution is 5.78. The van der Waals surface area contributed by atoms with E-state index in [1.165, 1.54) is 0 Å². The molecule has 0 aromatic heterocycles. The highest BCUT2D eigenvalue weighted by Crippen LogP contribution is 2.09. The number of hydrogen-bond acceptors (Lipinski definition) is 3. The molecular formula is C14H28N2O3. The van der Waals surface area contributed by atoms with Gasteiger partial charge in [-0.15, -0.1) is 0 Å². The van der Waals surface area contributed by atoms with Crippen molar-refractivity contribution < 1.29 is 14.7 Å². The van der Waals surface area contributed by atoms with Gasteiger partial charge in [-0.3, -0.25) is 9.59 Å². The third-order valence-corrected chi connectivity index (χ3v) is 3.33. The summed E-state index contributed by atoms with van der Waals surface area (Å²) in [4.78, 5) is 22.2. The Kier molecular flexibility index (Phi) is 9.21. The van der Waals surface area contributed by atoms with E-state index < -0.39 is 5.97 Å². The van der Waals surface area contributed by atoms with Crippen molar-refractivity contribution in [3.05, 3.63) is 0 Å². The molecule has 0 aliphatic carbocycles. The summed E-state index contributed by atoms with van der Waals surface area (Å²) in [6, 6.07) is 0.435. The first-order chi connectivity index (χ1) is 8.86. The summed E-state index contributed by atoms with van der Waals surface area (Å²) in [5.74, 6) is -1.02. The highest BCUT2D eigenvalue weighted by atomic mass is 16.4. The first-order valence-electron chi connectivity index (χ1n) is 7.12. The summed E-state index contributed by atoms with van der Waals surface area (Å²) in [6.45, 7) is 8.07. The van der Waals surface area contributed by atoms with Gasteiger partial charge in [-0.1, -0.05) is 20.3 Å². The van der Waals surface area contributed by atoms with Crippen molar-refractivity contribution in [1.82, 2.24) is 10.6 Å². The lowest BCUT2D eigenvalue weighted by atomic mass is 10.0. The summed E-state index contributed by atoms with van der Waals surface area (Å²) >= 11 is 0. The second kappa shape index (κ2) is 9.78. The molecule has 5 nitrogen and oxygen atoms in total. The molecule has 0 spiro atoms. The molecule has 0 aliphatic rings. The Morgan fingerprint density at radius 2 is 1.74 bits per heavy atom. The zero-order valence-corrected chi connectivity index (χ0v) is 12.5. The van der Waals surface area contributed by atoms with Crippen LogP contribution in [0.15, 0.2) is 0 Å². The second-order valence-corrected chi connectivity index (χ2v) is 5.33. The highest BCUT2D eigenvalue weighted by Gasteiger charge is 2.12. The molecule has 3 atom stereocenters. The molecule has 0 aliphatic heterocycles. The zero-order chi connectivity index (χ0) is 14.8. The van der Waals surface area contributed by atoms with E-state index in [4.69, 9.17) is 5.11 Å². The fourth-order valence-corrected chi connectivity index (χ4v) is 1.65. The molecule has 0 aromatic rings. The van der Waals surface area contributed by atoms with E-state index in [1.54, 1.807) is 6.92 Å². The molecule has 19 heavy (non-hydrogen) atoms. The lowest BCUT2D eigenvalue weighted by molar-refractivity contribution is -0.141. The Morgan fingerprint density at radius 3 is 2.26 bits per heavy atom. The van der Waals surface area contributed by atoms with Gasteiger partial charge in [0.05, 0.1) is 12.5 Å². The summed E-state index contributed by atoms with van der Waals surface area (Å²) < 4.78 is 0. The fraction of sp³-hybridized carbons (Fsp3) is 0.857. The Hall–Kier alpha value is -1.10. The second-order valence-electron chi connectivity index (χ2n) is 5.33. The standard InChI is InChI=1S/C14H28N2O3/c1-5-11(3)16-13(17)9-15-12(4)8-6-7-10(2)14(18)19/h10-12,15H,5-9H2,1-4H3,(H,16,17)(H,18,19). The number of carboxylic acid groups (broad SMARTS) is 1. The summed E-state index contributed by atoms with van der Waals surface area (Å²) in [6.07, 6.45) is 3.34. The number of rotatable bonds is 10. The molecule has 0 fully saturated rings. The third-order valence-electron chi connectivity index (χ3n) is 3.33. The Bertz CT molecular complexity index is 282. The van der Waals surface area contributed by atoms with E-state index in [0.29, 0.717) is 13.0 Å². The van der Waals surface area contributed by atoms with Crippen molar-refractivity contribution in [2.24, 2.45) is 5.92 Å². The van der Waals surface area contributed by atoms with Gasteiger partial charge in [0.15, 0.2) is 0 Å². The van der Waals surface area contributed by atoms with Crippen LogP contribution in [-0.2, 0) is 9.59 Å². The monoisotopic (exact) mass is 272 g/mol. The number of aliphatic carboxylic acids is 1. The van der Waals surface area contributed by atoms with E-state index in [-0.39, 0.29) is 23.9 Å². The average Bonchev–Trinajstić information content (AvgIpc) is 2.35. The molecule has 0 bridgehead atoms. The zero-order valence-electron chi connectivity index (χ0n) is 12.5. The Morgan fingerprint density at radius 1 is 1.11 bits per heavy atom. The normalized spacial score (nSPS) is 15.6. The van der Waals surface area contributed by atoms with Crippen molar-refractivity contribution in [2.75, 3.05) is 6.54 Å². The molecule has 3 unspecified atom stereocenters. The van der Waals surface area contributed by atoms with Crippen LogP contribution < -0.4 is 10.6 Å². The number of nitrogens with one attached hydrogen (secondary N) is 2. The number of carbonyl (C=O) groups is 2. The van der Waals surface area contributed by atoms with Gasteiger partial charge >= 0.3 is 5.97 Å². The van der Waals surface area contributed by atoms with Gasteiger partial charge in [0, 0.05) is 12.1 Å². The van der Waals surface area contributed by atoms with Crippen LogP contribution >= 0.6 is 0 Å². The number of hydrogen-bond donors (Lipinski definition) is 3. The van der Waals surface area contributed by atoms with Gasteiger partial charge in [0.1, 0.15) is 0 Å². The molecule has 0 heterocycles. The molecule has 0 aromatic carbocycles. The van der Waals surface area contributed by atoms with Crippen LogP contribution in [-0.4, -0.2) is 35.6 Å². The van der Waals surface area contributed by atoms with Gasteiger partial charge in [-0.2, -0.15) is 0 Å². The van der Waals surface area contributed by atoms with Crippen molar-refractivity contribution in [3.63, 3.8) is 0 Å². The van der Waals surface area contributed by atoms with Crippen molar-refractivity contribution in [1.29, 1.82) is 0 Å². The minimum atomic E-state index is -0.742. The largest absolute Gasteiger partial charge is 0.481 e. The third kappa shape index (κ3) is 9.47. The molecule has 0 rings (SSSR count). The van der Waals surface area contributed by atoms with E-state index >= 15 is 0 Å². The predicted octanol–water partition coefficient (Wildman–Crippen LogP) is 1.77. The van der Waals surface area contributed by atoms with Gasteiger partial charge < -0.3 is 15.7 Å². The van der Waals surface area contributed by atoms with Crippen LogP contribution in [0.4, 0.5) is 0 Å². The first-order valence-corrected chi connectivity index (χ1v) is 7.12. The minimum Gasteiger partial charge on any atom is -0.481 e. The molecule has 0 saturated heterocycles. The van der Waals surface area contributed by atoms with Crippen LogP contribution in [0.5, 0.6) is 0 Å². The number of carboxylic acids is 1. The molecule has 112 valence electrons. The quantitative estimate of drug-likeness (QED) is 0.566. The molecule has 0 saturated carbocycles. The molecular weight excluding hydrogens is 244 g/mol. The number of carbonyl (C=O) groups excluding carboxylic acids is 1. The summed E-state index contributed by atoms with van der Waals surface area (Å²) in [5.41, 5.74) is 0. The lowest BCUT2D eigenvalue weighted by Gasteiger charge is -2.16. The van der Waals surface area contributed by atoms with Gasteiger partial charge in [0.2, 0.25) is 5.91 Å². The SMILES string of the molecule is CCC(C)NC(=O)CNC(C)CCCC(C)C(=O)O. The maximum Gasteiger partial charge on any atom is 0.306 e. The molecule has 1 amide bonds. The fourth-order valence-electron chi connectivity index (χ4n) is 1.65.